The Hall–Kier alpha value is -1.00. The Morgan fingerprint density at radius 2 is 2.40 bits per heavy atom. The van der Waals surface area contributed by atoms with Crippen LogP contribution in [0.25, 0.3) is 10.3 Å². The zero-order valence-electron chi connectivity index (χ0n) is 9.03. The van der Waals surface area contributed by atoms with Gasteiger partial charge in [-0.3, -0.25) is 0 Å². The van der Waals surface area contributed by atoms with Crippen LogP contribution in [-0.2, 0) is 6.42 Å². The normalized spacial score (nSPS) is 13.2. The lowest BCUT2D eigenvalue weighted by atomic mass is 10.2. The van der Waals surface area contributed by atoms with Crippen molar-refractivity contribution in [2.75, 3.05) is 6.54 Å². The lowest BCUT2D eigenvalue weighted by Gasteiger charge is -2.08. The third-order valence-corrected chi connectivity index (χ3v) is 3.25. The first kappa shape index (κ1) is 10.5. The van der Waals surface area contributed by atoms with Crippen molar-refractivity contribution in [2.45, 2.75) is 26.3 Å². The highest BCUT2D eigenvalue weighted by molar-refractivity contribution is 7.18. The van der Waals surface area contributed by atoms with E-state index in [1.807, 2.05) is 18.3 Å². The van der Waals surface area contributed by atoms with Crippen LogP contribution in [0.3, 0.4) is 0 Å². The van der Waals surface area contributed by atoms with Crippen LogP contribution in [0.5, 0.6) is 0 Å². The second kappa shape index (κ2) is 4.68. The fraction of sp³-hybridized carbons (Fsp3) is 0.455. The Morgan fingerprint density at radius 3 is 3.13 bits per heavy atom. The Kier molecular flexibility index (Phi) is 3.28. The molecule has 0 aliphatic rings. The molecule has 80 valence electrons. The van der Waals surface area contributed by atoms with Crippen LogP contribution in [0.15, 0.2) is 18.3 Å². The molecule has 4 heteroatoms. The molecule has 0 saturated heterocycles. The van der Waals surface area contributed by atoms with E-state index >= 15 is 0 Å². The molecule has 0 fully saturated rings. The maximum absolute atomic E-state index is 4.55. The first-order chi connectivity index (χ1) is 7.29. The van der Waals surface area contributed by atoms with Crippen molar-refractivity contribution >= 4 is 21.7 Å². The van der Waals surface area contributed by atoms with Crippen LogP contribution in [0.4, 0.5) is 0 Å². The van der Waals surface area contributed by atoms with E-state index in [-0.39, 0.29) is 0 Å². The Bertz CT molecular complexity index is 405. The minimum Gasteiger partial charge on any atom is -0.314 e. The number of aromatic nitrogens is 2. The largest absolute Gasteiger partial charge is 0.314 e. The van der Waals surface area contributed by atoms with Gasteiger partial charge in [-0.05, 0) is 25.6 Å². The topological polar surface area (TPSA) is 37.8 Å². The standard InChI is InChI=1S/C11H15N3S/c1-3-12-8(2)7-10-14-9-5-4-6-13-11(9)15-10/h4-6,8,12H,3,7H2,1-2H3. The molecule has 15 heavy (non-hydrogen) atoms. The lowest BCUT2D eigenvalue weighted by Crippen LogP contribution is -2.27. The van der Waals surface area contributed by atoms with Crippen molar-refractivity contribution in [1.29, 1.82) is 0 Å². The fourth-order valence-electron chi connectivity index (χ4n) is 1.58. The van der Waals surface area contributed by atoms with E-state index in [0.29, 0.717) is 6.04 Å². The fourth-order valence-corrected chi connectivity index (χ4v) is 2.62. The number of nitrogens with one attached hydrogen (secondary N) is 1. The smallest absolute Gasteiger partial charge is 0.143 e. The first-order valence-electron chi connectivity index (χ1n) is 5.23. The molecular formula is C11H15N3S. The summed E-state index contributed by atoms with van der Waals surface area (Å²) in [5, 5.41) is 4.55. The van der Waals surface area contributed by atoms with Crippen LogP contribution in [-0.4, -0.2) is 22.6 Å². The molecule has 0 amide bonds. The molecule has 2 heterocycles. The number of fused-ring (bicyclic) bond motifs is 1. The molecule has 0 bridgehead atoms. The number of nitrogens with zero attached hydrogens (tertiary/aromatic N) is 2. The molecule has 0 aromatic carbocycles. The van der Waals surface area contributed by atoms with Gasteiger partial charge in [0.25, 0.3) is 0 Å². The average Bonchev–Trinajstić information content (AvgIpc) is 2.59. The molecule has 2 rings (SSSR count). The molecule has 0 aliphatic heterocycles. The molecule has 2 aromatic heterocycles. The second-order valence-corrected chi connectivity index (χ2v) is 4.66. The van der Waals surface area contributed by atoms with Crippen molar-refractivity contribution in [3.8, 4) is 0 Å². The summed E-state index contributed by atoms with van der Waals surface area (Å²) in [5.41, 5.74) is 1.01. The van der Waals surface area contributed by atoms with E-state index in [9.17, 15) is 0 Å². The summed E-state index contributed by atoms with van der Waals surface area (Å²) in [5.74, 6) is 0. The first-order valence-corrected chi connectivity index (χ1v) is 6.05. The summed E-state index contributed by atoms with van der Waals surface area (Å²) in [6, 6.07) is 4.43. The predicted octanol–water partition coefficient (Wildman–Crippen LogP) is 2.23. The molecular weight excluding hydrogens is 206 g/mol. The Labute approximate surface area is 93.6 Å². The minimum atomic E-state index is 0.482. The summed E-state index contributed by atoms with van der Waals surface area (Å²) < 4.78 is 0. The number of pyridine rings is 1. The average molecular weight is 221 g/mol. The summed E-state index contributed by atoms with van der Waals surface area (Å²) >= 11 is 1.69. The number of hydrogen-bond donors (Lipinski definition) is 1. The zero-order valence-corrected chi connectivity index (χ0v) is 9.84. The number of rotatable bonds is 4. The highest BCUT2D eigenvalue weighted by Gasteiger charge is 2.07. The maximum atomic E-state index is 4.55. The van der Waals surface area contributed by atoms with E-state index in [1.165, 1.54) is 0 Å². The second-order valence-electron chi connectivity index (χ2n) is 3.60. The monoisotopic (exact) mass is 221 g/mol. The molecule has 2 aromatic rings. The van der Waals surface area contributed by atoms with Gasteiger partial charge < -0.3 is 5.32 Å². The van der Waals surface area contributed by atoms with Crippen molar-refractivity contribution in [3.63, 3.8) is 0 Å². The van der Waals surface area contributed by atoms with Crippen molar-refractivity contribution < 1.29 is 0 Å². The number of thiazole rings is 1. The molecule has 1 N–H and O–H groups in total. The van der Waals surface area contributed by atoms with Crippen molar-refractivity contribution in [3.05, 3.63) is 23.3 Å². The molecule has 0 radical (unpaired) electrons. The maximum Gasteiger partial charge on any atom is 0.143 e. The SMILES string of the molecule is CCNC(C)Cc1nc2cccnc2s1. The van der Waals surface area contributed by atoms with Crippen LogP contribution < -0.4 is 5.32 Å². The van der Waals surface area contributed by atoms with E-state index in [1.54, 1.807) is 11.3 Å². The Balaban J connectivity index is 2.15. The van der Waals surface area contributed by atoms with E-state index in [2.05, 4.69) is 29.1 Å². The van der Waals surface area contributed by atoms with Gasteiger partial charge in [-0.25, -0.2) is 9.97 Å². The summed E-state index contributed by atoms with van der Waals surface area (Å²) in [4.78, 5) is 9.88. The quantitative estimate of drug-likeness (QED) is 0.860. The van der Waals surface area contributed by atoms with Crippen molar-refractivity contribution in [2.24, 2.45) is 0 Å². The number of likely N-dealkylation sites (N-methyl/N-ethyl adjacent to an activating group) is 1. The zero-order chi connectivity index (χ0) is 10.7. The molecule has 0 aliphatic carbocycles. The van der Waals surface area contributed by atoms with E-state index < -0.39 is 0 Å². The van der Waals surface area contributed by atoms with Crippen LogP contribution >= 0.6 is 11.3 Å². The van der Waals surface area contributed by atoms with E-state index in [4.69, 9.17) is 0 Å². The highest BCUT2D eigenvalue weighted by Crippen LogP contribution is 2.20. The Morgan fingerprint density at radius 1 is 1.53 bits per heavy atom. The van der Waals surface area contributed by atoms with Gasteiger partial charge in [-0.1, -0.05) is 18.3 Å². The van der Waals surface area contributed by atoms with Crippen LogP contribution in [0, 0.1) is 0 Å². The highest BCUT2D eigenvalue weighted by atomic mass is 32.1. The lowest BCUT2D eigenvalue weighted by molar-refractivity contribution is 0.564. The van der Waals surface area contributed by atoms with Gasteiger partial charge in [-0.15, -0.1) is 0 Å². The van der Waals surface area contributed by atoms with Crippen LogP contribution in [0.2, 0.25) is 0 Å². The van der Waals surface area contributed by atoms with Gasteiger partial charge in [0.2, 0.25) is 0 Å². The number of hydrogen-bond acceptors (Lipinski definition) is 4. The summed E-state index contributed by atoms with van der Waals surface area (Å²) in [6.45, 7) is 5.31. The van der Waals surface area contributed by atoms with Gasteiger partial charge in [-0.2, -0.15) is 0 Å². The van der Waals surface area contributed by atoms with Crippen molar-refractivity contribution in [1.82, 2.24) is 15.3 Å². The van der Waals surface area contributed by atoms with Gasteiger partial charge in [0, 0.05) is 18.7 Å². The predicted molar refractivity (Wildman–Crippen MR) is 64.3 cm³/mol. The minimum absolute atomic E-state index is 0.482. The van der Waals surface area contributed by atoms with Gasteiger partial charge in [0.05, 0.1) is 5.01 Å². The van der Waals surface area contributed by atoms with Gasteiger partial charge in [0.1, 0.15) is 10.3 Å². The third kappa shape index (κ3) is 2.52. The molecule has 1 atom stereocenters. The summed E-state index contributed by atoms with van der Waals surface area (Å²) in [7, 11) is 0. The summed E-state index contributed by atoms with van der Waals surface area (Å²) in [6.07, 6.45) is 2.80. The van der Waals surface area contributed by atoms with E-state index in [0.717, 1.165) is 28.3 Å². The molecule has 0 saturated carbocycles. The molecule has 1 unspecified atom stereocenters. The van der Waals surface area contributed by atoms with Gasteiger partial charge in [0.15, 0.2) is 0 Å². The third-order valence-electron chi connectivity index (χ3n) is 2.24. The van der Waals surface area contributed by atoms with Gasteiger partial charge >= 0.3 is 0 Å². The van der Waals surface area contributed by atoms with Crippen LogP contribution in [0.1, 0.15) is 18.9 Å². The molecule has 0 spiro atoms. The molecule has 3 nitrogen and oxygen atoms in total.